The van der Waals surface area contributed by atoms with Gasteiger partial charge < -0.3 is 4.74 Å². The molecule has 1 aliphatic rings. The molecule has 0 aromatic heterocycles. The fourth-order valence-corrected chi connectivity index (χ4v) is 2.72. The first kappa shape index (κ1) is 14.1. The molecular formula is C17H15FO2S. The number of halogens is 1. The average Bonchev–Trinajstić information content (AvgIpc) is 3.31. The molecule has 2 nitrogen and oxygen atoms in total. The molecule has 0 aliphatic heterocycles. The minimum atomic E-state index is -0.288. The molecule has 0 saturated heterocycles. The highest BCUT2D eigenvalue weighted by Crippen LogP contribution is 2.27. The van der Waals surface area contributed by atoms with Gasteiger partial charge in [-0.3, -0.25) is 4.79 Å². The lowest BCUT2D eigenvalue weighted by molar-refractivity contribution is 0.102. The molecule has 2 aromatic rings. The number of thioether (sulfide) groups is 1. The van der Waals surface area contributed by atoms with Crippen molar-refractivity contribution in [2.45, 2.75) is 23.8 Å². The van der Waals surface area contributed by atoms with Crippen LogP contribution in [-0.4, -0.2) is 17.6 Å². The van der Waals surface area contributed by atoms with Gasteiger partial charge in [0.15, 0.2) is 5.78 Å². The number of benzene rings is 2. The molecule has 0 heterocycles. The maximum absolute atomic E-state index is 13.5. The highest BCUT2D eigenvalue weighted by atomic mass is 32.2. The average molecular weight is 302 g/mol. The molecular weight excluding hydrogens is 287 g/mol. The van der Waals surface area contributed by atoms with E-state index >= 15 is 0 Å². The van der Waals surface area contributed by atoms with Crippen LogP contribution in [0.15, 0.2) is 53.4 Å². The van der Waals surface area contributed by atoms with Crippen molar-refractivity contribution in [3.05, 3.63) is 59.9 Å². The standard InChI is InChI=1S/C17H15FO2S/c18-15-3-1-2-4-17(15)21-11-16(19)12-5-7-13(8-6-12)20-14-9-10-14/h1-8,14H,9-11H2. The molecule has 21 heavy (non-hydrogen) atoms. The van der Waals surface area contributed by atoms with Crippen molar-refractivity contribution in [3.63, 3.8) is 0 Å². The second-order valence-electron chi connectivity index (χ2n) is 4.98. The van der Waals surface area contributed by atoms with Crippen LogP contribution < -0.4 is 4.74 Å². The lowest BCUT2D eigenvalue weighted by Gasteiger charge is -2.06. The number of Topliss-reactive ketones (excluding diaryl/α,β-unsaturated/α-hetero) is 1. The van der Waals surface area contributed by atoms with Crippen LogP contribution in [0.4, 0.5) is 4.39 Å². The molecule has 108 valence electrons. The van der Waals surface area contributed by atoms with Crippen LogP contribution in [0.1, 0.15) is 23.2 Å². The molecule has 0 unspecified atom stereocenters. The first-order valence-electron chi connectivity index (χ1n) is 6.89. The summed E-state index contributed by atoms with van der Waals surface area (Å²) in [5.74, 6) is 0.726. The van der Waals surface area contributed by atoms with E-state index in [4.69, 9.17) is 4.74 Å². The van der Waals surface area contributed by atoms with Crippen LogP contribution in [0.2, 0.25) is 0 Å². The van der Waals surface area contributed by atoms with Gasteiger partial charge in [-0.05, 0) is 49.2 Å². The number of carbonyl (C=O) groups excluding carboxylic acids is 1. The van der Waals surface area contributed by atoms with Gasteiger partial charge in [-0.2, -0.15) is 0 Å². The Balaban J connectivity index is 1.58. The third-order valence-corrected chi connectivity index (χ3v) is 4.25. The molecule has 0 N–H and O–H groups in total. The normalized spacial score (nSPS) is 14.0. The van der Waals surface area contributed by atoms with Crippen molar-refractivity contribution in [3.8, 4) is 5.75 Å². The number of hydrogen-bond donors (Lipinski definition) is 0. The highest BCUT2D eigenvalue weighted by molar-refractivity contribution is 8.00. The van der Waals surface area contributed by atoms with E-state index in [9.17, 15) is 9.18 Å². The van der Waals surface area contributed by atoms with E-state index in [2.05, 4.69) is 0 Å². The molecule has 0 radical (unpaired) electrons. The van der Waals surface area contributed by atoms with Crippen LogP contribution in [-0.2, 0) is 0 Å². The van der Waals surface area contributed by atoms with E-state index in [-0.39, 0.29) is 17.4 Å². The number of rotatable bonds is 6. The van der Waals surface area contributed by atoms with Crippen LogP contribution in [0.3, 0.4) is 0 Å². The third kappa shape index (κ3) is 3.85. The summed E-state index contributed by atoms with van der Waals surface area (Å²) >= 11 is 1.22. The molecule has 1 fully saturated rings. The Morgan fingerprint density at radius 3 is 2.52 bits per heavy atom. The second-order valence-corrected chi connectivity index (χ2v) is 6.00. The van der Waals surface area contributed by atoms with Crippen LogP contribution in [0.25, 0.3) is 0 Å². The Bertz CT molecular complexity index is 635. The summed E-state index contributed by atoms with van der Waals surface area (Å²) in [6.07, 6.45) is 2.57. The molecule has 0 atom stereocenters. The Hall–Kier alpha value is -1.81. The van der Waals surface area contributed by atoms with E-state index in [0.29, 0.717) is 16.6 Å². The predicted octanol–water partition coefficient (Wildman–Crippen LogP) is 4.34. The van der Waals surface area contributed by atoms with Gasteiger partial charge in [0.05, 0.1) is 11.9 Å². The fourth-order valence-electron chi connectivity index (χ4n) is 1.89. The zero-order chi connectivity index (χ0) is 14.7. The van der Waals surface area contributed by atoms with E-state index in [1.807, 2.05) is 12.1 Å². The van der Waals surface area contributed by atoms with E-state index in [1.54, 1.807) is 30.3 Å². The lowest BCUT2D eigenvalue weighted by Crippen LogP contribution is -2.03. The van der Waals surface area contributed by atoms with Gasteiger partial charge in [-0.25, -0.2) is 4.39 Å². The summed E-state index contributed by atoms with van der Waals surface area (Å²) in [5, 5.41) is 0. The van der Waals surface area contributed by atoms with Crippen molar-refractivity contribution in [2.75, 3.05) is 5.75 Å². The monoisotopic (exact) mass is 302 g/mol. The minimum Gasteiger partial charge on any atom is -0.490 e. The second kappa shape index (κ2) is 6.31. The summed E-state index contributed by atoms with van der Waals surface area (Å²) in [6, 6.07) is 13.7. The summed E-state index contributed by atoms with van der Waals surface area (Å²) in [4.78, 5) is 12.6. The first-order chi connectivity index (χ1) is 10.2. The van der Waals surface area contributed by atoms with Gasteiger partial charge >= 0.3 is 0 Å². The summed E-state index contributed by atoms with van der Waals surface area (Å²) in [6.45, 7) is 0. The van der Waals surface area contributed by atoms with Crippen molar-refractivity contribution in [1.82, 2.24) is 0 Å². The third-order valence-electron chi connectivity index (χ3n) is 3.20. The lowest BCUT2D eigenvalue weighted by atomic mass is 10.1. The van der Waals surface area contributed by atoms with Gasteiger partial charge in [0.2, 0.25) is 0 Å². The SMILES string of the molecule is O=C(CSc1ccccc1F)c1ccc(OC2CC2)cc1. The molecule has 0 bridgehead atoms. The topological polar surface area (TPSA) is 26.3 Å². The molecule has 0 spiro atoms. The number of carbonyl (C=O) groups is 1. The number of hydrogen-bond acceptors (Lipinski definition) is 3. The van der Waals surface area contributed by atoms with E-state index in [1.165, 1.54) is 17.8 Å². The first-order valence-corrected chi connectivity index (χ1v) is 7.88. The van der Waals surface area contributed by atoms with Crippen LogP contribution >= 0.6 is 11.8 Å². The summed E-state index contributed by atoms with van der Waals surface area (Å²) < 4.78 is 19.1. The maximum Gasteiger partial charge on any atom is 0.173 e. The Morgan fingerprint density at radius 2 is 1.86 bits per heavy atom. The van der Waals surface area contributed by atoms with Crippen molar-refractivity contribution in [1.29, 1.82) is 0 Å². The quantitative estimate of drug-likeness (QED) is 0.586. The minimum absolute atomic E-state index is 0.0128. The molecule has 2 aromatic carbocycles. The molecule has 0 amide bonds. The Kier molecular flexibility index (Phi) is 4.25. The van der Waals surface area contributed by atoms with Crippen LogP contribution in [0.5, 0.6) is 5.75 Å². The smallest absolute Gasteiger partial charge is 0.173 e. The summed E-state index contributed by atoms with van der Waals surface area (Å²) in [5.41, 5.74) is 0.627. The molecule has 3 rings (SSSR count). The molecule has 1 aliphatic carbocycles. The number of ketones is 1. The Morgan fingerprint density at radius 1 is 1.14 bits per heavy atom. The van der Waals surface area contributed by atoms with E-state index in [0.717, 1.165) is 18.6 Å². The zero-order valence-electron chi connectivity index (χ0n) is 11.4. The summed E-state index contributed by atoms with van der Waals surface area (Å²) in [7, 11) is 0. The fraction of sp³-hybridized carbons (Fsp3) is 0.235. The molecule has 4 heteroatoms. The van der Waals surface area contributed by atoms with Gasteiger partial charge in [0.25, 0.3) is 0 Å². The van der Waals surface area contributed by atoms with Crippen molar-refractivity contribution >= 4 is 17.5 Å². The predicted molar refractivity (Wildman–Crippen MR) is 81.5 cm³/mol. The Labute approximate surface area is 127 Å². The highest BCUT2D eigenvalue weighted by Gasteiger charge is 2.23. The molecule has 1 saturated carbocycles. The van der Waals surface area contributed by atoms with Gasteiger partial charge in [-0.1, -0.05) is 12.1 Å². The van der Waals surface area contributed by atoms with Crippen LogP contribution in [0, 0.1) is 5.82 Å². The largest absolute Gasteiger partial charge is 0.490 e. The zero-order valence-corrected chi connectivity index (χ0v) is 12.2. The van der Waals surface area contributed by atoms with E-state index < -0.39 is 0 Å². The van der Waals surface area contributed by atoms with Gasteiger partial charge in [0.1, 0.15) is 11.6 Å². The van der Waals surface area contributed by atoms with Gasteiger partial charge in [0, 0.05) is 10.5 Å². The van der Waals surface area contributed by atoms with Crippen molar-refractivity contribution < 1.29 is 13.9 Å². The maximum atomic E-state index is 13.5. The number of ether oxygens (including phenoxy) is 1. The van der Waals surface area contributed by atoms with Gasteiger partial charge in [-0.15, -0.1) is 11.8 Å². The van der Waals surface area contributed by atoms with Crippen molar-refractivity contribution in [2.24, 2.45) is 0 Å².